The van der Waals surface area contributed by atoms with Crippen LogP contribution in [0.2, 0.25) is 0 Å². The number of anilines is 1. The highest BCUT2D eigenvalue weighted by atomic mass is 19.3. The van der Waals surface area contributed by atoms with Crippen molar-refractivity contribution in [1.29, 1.82) is 0 Å². The van der Waals surface area contributed by atoms with Crippen LogP contribution in [0.1, 0.15) is 48.3 Å². The summed E-state index contributed by atoms with van der Waals surface area (Å²) in [5.41, 5.74) is 1.63. The van der Waals surface area contributed by atoms with Gasteiger partial charge in [0.15, 0.2) is 6.61 Å². The second-order valence-electron chi connectivity index (χ2n) is 6.86. The monoisotopic (exact) mass is 406 g/mol. The van der Waals surface area contributed by atoms with Crippen LogP contribution in [0.5, 0.6) is 5.88 Å². The number of aromatic nitrogens is 2. The molecule has 2 N–H and O–H groups in total. The smallest absolute Gasteiger partial charge is 0.272 e. The predicted octanol–water partition coefficient (Wildman–Crippen LogP) is 3.51. The third-order valence-electron chi connectivity index (χ3n) is 4.04. The van der Waals surface area contributed by atoms with Crippen molar-refractivity contribution < 1.29 is 23.1 Å². The standard InChI is InChI=1S/C20H24F2N4O3/c1-11(2)18(27)26-17-8-14(5-6-23-17)19(28)25-13(4)15-7-12(3)20(24-9-15)29-10-16(21)22/h5-9,11,13,16H,10H2,1-4H3,(H,25,28)(H,23,26,27). The number of rotatable bonds is 8. The lowest BCUT2D eigenvalue weighted by atomic mass is 10.1. The van der Waals surface area contributed by atoms with Crippen molar-refractivity contribution in [1.82, 2.24) is 15.3 Å². The van der Waals surface area contributed by atoms with E-state index in [-0.39, 0.29) is 29.7 Å². The van der Waals surface area contributed by atoms with Gasteiger partial charge in [-0.05, 0) is 37.6 Å². The largest absolute Gasteiger partial charge is 0.471 e. The number of alkyl halides is 2. The van der Waals surface area contributed by atoms with E-state index in [2.05, 4.69) is 20.6 Å². The van der Waals surface area contributed by atoms with Gasteiger partial charge in [-0.3, -0.25) is 9.59 Å². The van der Waals surface area contributed by atoms with E-state index < -0.39 is 13.0 Å². The predicted molar refractivity (Wildman–Crippen MR) is 104 cm³/mol. The Morgan fingerprint density at radius 3 is 2.52 bits per heavy atom. The summed E-state index contributed by atoms with van der Waals surface area (Å²) in [4.78, 5) is 32.4. The Balaban J connectivity index is 2.05. The molecule has 156 valence electrons. The molecular weight excluding hydrogens is 382 g/mol. The molecular formula is C20H24F2N4O3. The molecule has 7 nitrogen and oxygen atoms in total. The van der Waals surface area contributed by atoms with Crippen LogP contribution in [-0.4, -0.2) is 34.8 Å². The first-order valence-electron chi connectivity index (χ1n) is 9.12. The Morgan fingerprint density at radius 1 is 1.17 bits per heavy atom. The number of ether oxygens (including phenoxy) is 1. The maximum absolute atomic E-state index is 12.5. The Labute approximate surface area is 167 Å². The molecule has 0 saturated carbocycles. The molecule has 0 saturated heterocycles. The summed E-state index contributed by atoms with van der Waals surface area (Å²) in [5.74, 6) is -0.332. The molecule has 1 atom stereocenters. The first-order valence-corrected chi connectivity index (χ1v) is 9.12. The van der Waals surface area contributed by atoms with E-state index in [1.165, 1.54) is 24.5 Å². The molecule has 9 heteroatoms. The van der Waals surface area contributed by atoms with Gasteiger partial charge < -0.3 is 15.4 Å². The van der Waals surface area contributed by atoms with Crippen molar-refractivity contribution >= 4 is 17.6 Å². The molecule has 0 aliphatic heterocycles. The van der Waals surface area contributed by atoms with Crippen LogP contribution in [0, 0.1) is 12.8 Å². The first-order chi connectivity index (χ1) is 13.7. The SMILES string of the molecule is Cc1cc(C(C)NC(=O)c2ccnc(NC(=O)C(C)C)c2)cnc1OCC(F)F. The minimum absolute atomic E-state index is 0.132. The normalized spacial score (nSPS) is 12.0. The summed E-state index contributed by atoms with van der Waals surface area (Å²) >= 11 is 0. The van der Waals surface area contributed by atoms with Gasteiger partial charge in [-0.15, -0.1) is 0 Å². The zero-order valence-electron chi connectivity index (χ0n) is 16.7. The van der Waals surface area contributed by atoms with Gasteiger partial charge in [-0.2, -0.15) is 0 Å². The number of nitrogens with one attached hydrogen (secondary N) is 2. The van der Waals surface area contributed by atoms with E-state index >= 15 is 0 Å². The molecule has 2 aromatic heterocycles. The van der Waals surface area contributed by atoms with E-state index in [4.69, 9.17) is 4.74 Å². The summed E-state index contributed by atoms with van der Waals surface area (Å²) < 4.78 is 29.5. The lowest BCUT2D eigenvalue weighted by molar-refractivity contribution is -0.118. The fraction of sp³-hybridized carbons (Fsp3) is 0.400. The molecule has 2 amide bonds. The lowest BCUT2D eigenvalue weighted by Gasteiger charge is -2.16. The van der Waals surface area contributed by atoms with E-state index in [1.807, 2.05) is 0 Å². The second kappa shape index (κ2) is 9.90. The van der Waals surface area contributed by atoms with Crippen LogP contribution < -0.4 is 15.4 Å². The van der Waals surface area contributed by atoms with Crippen molar-refractivity contribution in [2.24, 2.45) is 5.92 Å². The maximum atomic E-state index is 12.5. The average Bonchev–Trinajstić information content (AvgIpc) is 2.66. The third-order valence-corrected chi connectivity index (χ3v) is 4.04. The van der Waals surface area contributed by atoms with E-state index in [0.29, 0.717) is 22.5 Å². The molecule has 0 bridgehead atoms. The molecule has 0 spiro atoms. The highest BCUT2D eigenvalue weighted by Crippen LogP contribution is 2.21. The van der Waals surface area contributed by atoms with Crippen molar-refractivity contribution in [3.63, 3.8) is 0 Å². The number of carbonyl (C=O) groups is 2. The van der Waals surface area contributed by atoms with E-state index in [9.17, 15) is 18.4 Å². The fourth-order valence-electron chi connectivity index (χ4n) is 2.39. The summed E-state index contributed by atoms with van der Waals surface area (Å²) in [6.07, 6.45) is 0.334. The number of amides is 2. The third kappa shape index (κ3) is 6.48. The molecule has 2 heterocycles. The van der Waals surface area contributed by atoms with Gasteiger partial charge in [0.1, 0.15) is 5.82 Å². The van der Waals surface area contributed by atoms with Gasteiger partial charge in [0.2, 0.25) is 11.8 Å². The van der Waals surface area contributed by atoms with E-state index in [0.717, 1.165) is 0 Å². The van der Waals surface area contributed by atoms with Crippen molar-refractivity contribution in [3.05, 3.63) is 47.3 Å². The number of carbonyl (C=O) groups excluding carboxylic acids is 2. The minimum Gasteiger partial charge on any atom is -0.471 e. The van der Waals surface area contributed by atoms with E-state index in [1.54, 1.807) is 33.8 Å². The Hall–Kier alpha value is -3.10. The summed E-state index contributed by atoms with van der Waals surface area (Å²) in [6, 6.07) is 4.37. The number of aryl methyl sites for hydroxylation is 1. The highest BCUT2D eigenvalue weighted by molar-refractivity contribution is 5.97. The molecule has 2 rings (SSSR count). The quantitative estimate of drug-likeness (QED) is 0.700. The molecule has 0 aliphatic rings. The molecule has 2 aromatic rings. The van der Waals surface area contributed by atoms with Crippen LogP contribution in [0.3, 0.4) is 0 Å². The number of halogens is 2. The topological polar surface area (TPSA) is 93.2 Å². The van der Waals surface area contributed by atoms with Gasteiger partial charge in [-0.25, -0.2) is 18.7 Å². The lowest BCUT2D eigenvalue weighted by Crippen LogP contribution is -2.27. The number of hydrogen-bond donors (Lipinski definition) is 2. The van der Waals surface area contributed by atoms with Gasteiger partial charge in [0, 0.05) is 29.4 Å². The summed E-state index contributed by atoms with van der Waals surface area (Å²) in [7, 11) is 0. The fourth-order valence-corrected chi connectivity index (χ4v) is 2.39. The number of pyridine rings is 2. The zero-order valence-corrected chi connectivity index (χ0v) is 16.7. The molecule has 0 fully saturated rings. The van der Waals surface area contributed by atoms with Crippen LogP contribution >= 0.6 is 0 Å². The maximum Gasteiger partial charge on any atom is 0.272 e. The molecule has 0 aliphatic carbocycles. The first kappa shape index (κ1) is 22.2. The van der Waals surface area contributed by atoms with Crippen molar-refractivity contribution in [2.45, 2.75) is 40.2 Å². The van der Waals surface area contributed by atoms with Crippen LogP contribution in [0.25, 0.3) is 0 Å². The van der Waals surface area contributed by atoms with Gasteiger partial charge in [0.25, 0.3) is 12.3 Å². The Kier molecular flexibility index (Phi) is 7.58. The Morgan fingerprint density at radius 2 is 1.90 bits per heavy atom. The molecule has 0 aromatic carbocycles. The number of nitrogens with zero attached hydrogens (tertiary/aromatic N) is 2. The van der Waals surface area contributed by atoms with Gasteiger partial charge in [0.05, 0.1) is 6.04 Å². The molecule has 1 unspecified atom stereocenters. The molecule has 29 heavy (non-hydrogen) atoms. The summed E-state index contributed by atoms with van der Waals surface area (Å²) in [5, 5.41) is 5.48. The van der Waals surface area contributed by atoms with Gasteiger partial charge in [-0.1, -0.05) is 13.8 Å². The zero-order chi connectivity index (χ0) is 21.6. The minimum atomic E-state index is -2.58. The number of hydrogen-bond acceptors (Lipinski definition) is 5. The Bertz CT molecular complexity index is 875. The van der Waals surface area contributed by atoms with Crippen molar-refractivity contribution in [3.8, 4) is 5.88 Å². The van der Waals surface area contributed by atoms with Crippen LogP contribution in [0.4, 0.5) is 14.6 Å². The second-order valence-corrected chi connectivity index (χ2v) is 6.86. The van der Waals surface area contributed by atoms with Gasteiger partial charge >= 0.3 is 0 Å². The average molecular weight is 406 g/mol. The van der Waals surface area contributed by atoms with Crippen LogP contribution in [0.15, 0.2) is 30.6 Å². The molecule has 0 radical (unpaired) electrons. The summed E-state index contributed by atoms with van der Waals surface area (Å²) in [6.45, 7) is 6.26. The highest BCUT2D eigenvalue weighted by Gasteiger charge is 2.16. The van der Waals surface area contributed by atoms with Crippen LogP contribution in [-0.2, 0) is 4.79 Å². The van der Waals surface area contributed by atoms with Crippen molar-refractivity contribution in [2.75, 3.05) is 11.9 Å².